The number of nitrogens with one attached hydrogen (secondary N) is 1. The van der Waals surface area contributed by atoms with Crippen molar-refractivity contribution in [2.45, 2.75) is 26.3 Å². The van der Waals surface area contributed by atoms with Crippen LogP contribution in [-0.4, -0.2) is 28.3 Å². The van der Waals surface area contributed by atoms with Crippen molar-refractivity contribution in [3.05, 3.63) is 97.8 Å². The molecule has 0 spiro atoms. The van der Waals surface area contributed by atoms with E-state index >= 15 is 0 Å². The molecule has 0 saturated carbocycles. The van der Waals surface area contributed by atoms with E-state index in [2.05, 4.69) is 4.98 Å². The summed E-state index contributed by atoms with van der Waals surface area (Å²) in [7, 11) is 1.65. The number of carbonyl (C=O) groups excluding carboxylic acids is 2. The van der Waals surface area contributed by atoms with E-state index in [4.69, 9.17) is 11.6 Å². The van der Waals surface area contributed by atoms with Gasteiger partial charge in [0.15, 0.2) is 5.78 Å². The van der Waals surface area contributed by atoms with Crippen molar-refractivity contribution < 1.29 is 9.59 Å². The number of carbonyl (C=O) groups is 2. The number of hydrogen-bond donors (Lipinski definition) is 1. The molecule has 2 aromatic carbocycles. The first-order chi connectivity index (χ1) is 15.2. The largest absolute Gasteiger partial charge is 0.328 e. The minimum atomic E-state index is -0.657. The van der Waals surface area contributed by atoms with Crippen molar-refractivity contribution in [3.8, 4) is 0 Å². The zero-order valence-corrected chi connectivity index (χ0v) is 18.6. The molecular formula is C24H24ClN3O4. The maximum atomic E-state index is 13.3. The van der Waals surface area contributed by atoms with Gasteiger partial charge in [-0.15, -0.1) is 0 Å². The minimum absolute atomic E-state index is 0.0523. The number of amides is 1. The fourth-order valence-electron chi connectivity index (χ4n) is 3.50. The van der Waals surface area contributed by atoms with Crippen molar-refractivity contribution >= 4 is 29.0 Å². The average molecular weight is 454 g/mol. The van der Waals surface area contributed by atoms with E-state index in [1.807, 2.05) is 30.3 Å². The Bertz CT molecular complexity index is 1230. The number of aromatic nitrogens is 2. The molecule has 0 aliphatic heterocycles. The van der Waals surface area contributed by atoms with Crippen LogP contribution in [0.15, 0.2) is 70.4 Å². The number of H-pyrrole nitrogens is 1. The van der Waals surface area contributed by atoms with Gasteiger partial charge in [-0.2, -0.15) is 0 Å². The van der Waals surface area contributed by atoms with E-state index < -0.39 is 17.2 Å². The van der Waals surface area contributed by atoms with Crippen molar-refractivity contribution in [1.29, 1.82) is 0 Å². The molecule has 3 aromatic rings. The summed E-state index contributed by atoms with van der Waals surface area (Å²) in [6, 6.07) is 16.4. The Kier molecular flexibility index (Phi) is 7.43. The van der Waals surface area contributed by atoms with Gasteiger partial charge in [-0.3, -0.25) is 23.9 Å². The summed E-state index contributed by atoms with van der Waals surface area (Å²) in [6.07, 6.45) is 1.67. The van der Waals surface area contributed by atoms with E-state index in [0.717, 1.165) is 10.1 Å². The number of benzene rings is 2. The predicted octanol–water partition coefficient (Wildman–Crippen LogP) is 2.98. The van der Waals surface area contributed by atoms with Gasteiger partial charge >= 0.3 is 5.69 Å². The molecule has 0 aliphatic rings. The van der Waals surface area contributed by atoms with Crippen LogP contribution < -0.4 is 16.1 Å². The summed E-state index contributed by atoms with van der Waals surface area (Å²) in [4.78, 5) is 53.4. The second-order valence-corrected chi connectivity index (χ2v) is 8.14. The average Bonchev–Trinajstić information content (AvgIpc) is 2.76. The Morgan fingerprint density at radius 1 is 1.09 bits per heavy atom. The quantitative estimate of drug-likeness (QED) is 0.567. The first-order valence-electron chi connectivity index (χ1n) is 10.1. The van der Waals surface area contributed by atoms with Crippen LogP contribution in [0.25, 0.3) is 0 Å². The first-order valence-corrected chi connectivity index (χ1v) is 10.5. The molecule has 0 saturated heterocycles. The van der Waals surface area contributed by atoms with Crippen LogP contribution in [0.5, 0.6) is 0 Å². The van der Waals surface area contributed by atoms with Gasteiger partial charge in [-0.25, -0.2) is 4.79 Å². The lowest BCUT2D eigenvalue weighted by molar-refractivity contribution is -0.127. The smallest absolute Gasteiger partial charge is 0.315 e. The van der Waals surface area contributed by atoms with Crippen LogP contribution in [0.4, 0.5) is 5.69 Å². The molecule has 3 rings (SSSR count). The number of rotatable bonds is 8. The Hall–Kier alpha value is -3.45. The number of Topliss-reactive ketones (excluding diaryl/α,β-unsaturated/α-hetero) is 1. The second kappa shape index (κ2) is 10.2. The van der Waals surface area contributed by atoms with Gasteiger partial charge in [0.25, 0.3) is 5.56 Å². The van der Waals surface area contributed by atoms with E-state index in [0.29, 0.717) is 22.7 Å². The normalized spacial score (nSPS) is 11.7. The van der Waals surface area contributed by atoms with Crippen LogP contribution in [-0.2, 0) is 22.6 Å². The van der Waals surface area contributed by atoms with Gasteiger partial charge in [0, 0.05) is 41.9 Å². The number of aromatic amines is 1. The predicted molar refractivity (Wildman–Crippen MR) is 124 cm³/mol. The summed E-state index contributed by atoms with van der Waals surface area (Å²) < 4.78 is 1.16. The van der Waals surface area contributed by atoms with Crippen LogP contribution in [0.2, 0.25) is 5.02 Å². The molecule has 1 atom stereocenters. The molecule has 0 radical (unpaired) electrons. The fourth-order valence-corrected chi connectivity index (χ4v) is 3.68. The molecule has 0 bridgehead atoms. The highest BCUT2D eigenvalue weighted by Gasteiger charge is 2.26. The second-order valence-electron chi connectivity index (χ2n) is 7.71. The molecule has 166 valence electrons. The molecule has 1 N–H and O–H groups in total. The highest BCUT2D eigenvalue weighted by atomic mass is 35.5. The zero-order chi connectivity index (χ0) is 23.3. The number of anilines is 1. The van der Waals surface area contributed by atoms with Crippen molar-refractivity contribution in [3.63, 3.8) is 0 Å². The Morgan fingerprint density at radius 3 is 2.50 bits per heavy atom. The van der Waals surface area contributed by atoms with Crippen molar-refractivity contribution in [2.75, 3.05) is 11.9 Å². The lowest BCUT2D eigenvalue weighted by atomic mass is 9.92. The van der Waals surface area contributed by atoms with Gasteiger partial charge in [0.05, 0.1) is 6.54 Å². The summed E-state index contributed by atoms with van der Waals surface area (Å²) in [5.74, 6) is -1.14. The fraction of sp³-hybridized carbons (Fsp3) is 0.250. The number of ketones is 1. The minimum Gasteiger partial charge on any atom is -0.315 e. The first kappa shape index (κ1) is 23.2. The van der Waals surface area contributed by atoms with Crippen molar-refractivity contribution in [1.82, 2.24) is 9.55 Å². The van der Waals surface area contributed by atoms with Gasteiger partial charge < -0.3 is 4.90 Å². The number of hydrogen-bond acceptors (Lipinski definition) is 4. The lowest BCUT2D eigenvalue weighted by Crippen LogP contribution is -2.37. The Labute approximate surface area is 190 Å². The zero-order valence-electron chi connectivity index (χ0n) is 17.9. The molecule has 32 heavy (non-hydrogen) atoms. The molecule has 1 amide bonds. The molecule has 0 fully saturated rings. The standard InChI is InChI=1S/C24H24ClN3O4/c1-16-14-28(24(32)26-22(16)30)15-21(29)12-18(11-17-7-4-3-5-8-17)23(31)27(2)20-10-6-9-19(25)13-20/h3-10,13-14,18H,11-12,15H2,1-2H3,(H,26,30,32)/t18-/m1/s1. The maximum Gasteiger partial charge on any atom is 0.328 e. The summed E-state index contributed by atoms with van der Waals surface area (Å²) in [5.41, 5.74) is 0.737. The van der Waals surface area contributed by atoms with E-state index in [9.17, 15) is 19.2 Å². The third-order valence-corrected chi connectivity index (χ3v) is 5.45. The van der Waals surface area contributed by atoms with Gasteiger partial charge in [-0.05, 0) is 37.1 Å². The molecule has 1 heterocycles. The number of halogens is 1. The van der Waals surface area contributed by atoms with Crippen LogP contribution >= 0.6 is 11.6 Å². The molecular weight excluding hydrogens is 430 g/mol. The monoisotopic (exact) mass is 453 g/mol. The molecule has 0 aliphatic carbocycles. The van der Waals surface area contributed by atoms with Crippen LogP contribution in [0, 0.1) is 12.8 Å². The van der Waals surface area contributed by atoms with Crippen LogP contribution in [0.3, 0.4) is 0 Å². The van der Waals surface area contributed by atoms with E-state index in [-0.39, 0.29) is 24.7 Å². The number of aryl methyl sites for hydroxylation is 1. The SMILES string of the molecule is Cc1cn(CC(=O)C[C@@H](Cc2ccccc2)C(=O)N(C)c2cccc(Cl)c2)c(=O)[nH]c1=O. The van der Waals surface area contributed by atoms with Gasteiger partial charge in [-0.1, -0.05) is 48.0 Å². The molecule has 8 heteroatoms. The molecule has 7 nitrogen and oxygen atoms in total. The highest BCUT2D eigenvalue weighted by Crippen LogP contribution is 2.23. The number of nitrogens with zero attached hydrogens (tertiary/aromatic N) is 2. The Balaban J connectivity index is 1.83. The summed E-state index contributed by atoms with van der Waals surface area (Å²) in [6.45, 7) is 1.33. The lowest BCUT2D eigenvalue weighted by Gasteiger charge is -2.24. The third kappa shape index (κ3) is 5.82. The molecule has 0 unspecified atom stereocenters. The maximum absolute atomic E-state index is 13.3. The Morgan fingerprint density at radius 2 is 1.81 bits per heavy atom. The summed E-state index contributed by atoms with van der Waals surface area (Å²) >= 11 is 6.07. The van der Waals surface area contributed by atoms with Gasteiger partial charge in [0.2, 0.25) is 5.91 Å². The van der Waals surface area contributed by atoms with E-state index in [1.165, 1.54) is 11.1 Å². The summed E-state index contributed by atoms with van der Waals surface area (Å²) in [5, 5.41) is 0.505. The third-order valence-electron chi connectivity index (χ3n) is 5.21. The van der Waals surface area contributed by atoms with Crippen molar-refractivity contribution in [2.24, 2.45) is 5.92 Å². The topological polar surface area (TPSA) is 92.2 Å². The van der Waals surface area contributed by atoms with Crippen LogP contribution in [0.1, 0.15) is 17.5 Å². The van der Waals surface area contributed by atoms with Gasteiger partial charge in [0.1, 0.15) is 0 Å². The highest BCUT2D eigenvalue weighted by molar-refractivity contribution is 6.30. The molecule has 1 aromatic heterocycles. The van der Waals surface area contributed by atoms with E-state index in [1.54, 1.807) is 38.2 Å².